The highest BCUT2D eigenvalue weighted by Gasteiger charge is 2.25. The molecule has 0 radical (unpaired) electrons. The second kappa shape index (κ2) is 14.1. The lowest BCUT2D eigenvalue weighted by Gasteiger charge is -2.20. The van der Waals surface area contributed by atoms with Crippen LogP contribution in [0.25, 0.3) is 33.4 Å². The third-order valence-electron chi connectivity index (χ3n) is 9.44. The lowest BCUT2D eigenvalue weighted by Crippen LogP contribution is -2.09. The summed E-state index contributed by atoms with van der Waals surface area (Å²) < 4.78 is 106. The van der Waals surface area contributed by atoms with E-state index in [-0.39, 0.29) is 15.4 Å². The van der Waals surface area contributed by atoms with Crippen LogP contribution < -0.4 is 10.7 Å². The lowest BCUT2D eigenvalue weighted by atomic mass is 9.93. The van der Waals surface area contributed by atoms with Crippen LogP contribution in [-0.4, -0.2) is 41.5 Å². The summed E-state index contributed by atoms with van der Waals surface area (Å²) in [6, 6.07) is 19.9. The quantitative estimate of drug-likeness (QED) is 0.0731. The molecule has 0 aromatic heterocycles. The zero-order valence-electron chi connectivity index (χ0n) is 30.5. The van der Waals surface area contributed by atoms with Gasteiger partial charge < -0.3 is 9.73 Å². The Balaban J connectivity index is 1.61. The van der Waals surface area contributed by atoms with Crippen molar-refractivity contribution in [3.63, 3.8) is 0 Å². The van der Waals surface area contributed by atoms with Gasteiger partial charge in [0, 0.05) is 45.6 Å². The topological polar surface area (TPSA) is 190 Å². The molecule has 0 fully saturated rings. The molecule has 0 unspecified atom stereocenters. The van der Waals surface area contributed by atoms with E-state index in [1.165, 1.54) is 12.1 Å². The van der Waals surface area contributed by atoms with Crippen molar-refractivity contribution in [2.75, 3.05) is 12.4 Å². The predicted octanol–water partition coefficient (Wildman–Crippen LogP) is 8.00. The molecule has 54 heavy (non-hydrogen) atoms. The third-order valence-corrected chi connectivity index (χ3v) is 12.6. The van der Waals surface area contributed by atoms with E-state index < -0.39 is 36.1 Å². The fraction of sp³-hybridized carbons (Fsp3) is 0.205. The fourth-order valence-electron chi connectivity index (χ4n) is 7.11. The minimum absolute atomic E-state index is 0.0270. The molecule has 15 heteroatoms. The van der Waals surface area contributed by atoms with Gasteiger partial charge >= 0.3 is 0 Å². The van der Waals surface area contributed by atoms with Gasteiger partial charge in [-0.1, -0.05) is 30.3 Å². The van der Waals surface area contributed by atoms with Crippen LogP contribution in [0.15, 0.2) is 92.0 Å². The van der Waals surface area contributed by atoms with Gasteiger partial charge in [0.05, 0.1) is 18.2 Å². The van der Waals surface area contributed by atoms with E-state index in [9.17, 15) is 34.4 Å². The molecule has 0 bridgehead atoms. The first-order chi connectivity index (χ1) is 25.2. The van der Waals surface area contributed by atoms with Gasteiger partial charge in [-0.15, -0.1) is 0 Å². The molecular weight excluding hydrogens is 753 g/mol. The van der Waals surface area contributed by atoms with Crippen LogP contribution in [0.3, 0.4) is 0 Å². The predicted molar refractivity (Wildman–Crippen MR) is 207 cm³/mol. The average Bonchev–Trinajstić information content (AvgIpc) is 3.08. The van der Waals surface area contributed by atoms with Crippen LogP contribution >= 0.6 is 0 Å². The number of hydrogen-bond acceptors (Lipinski definition) is 10. The Bertz CT molecular complexity index is 2900. The lowest BCUT2D eigenvalue weighted by molar-refractivity contribution is 0.397. The summed E-state index contributed by atoms with van der Waals surface area (Å²) in [5.74, 6) is -0.236. The molecule has 0 atom stereocenters. The smallest absolute Gasteiger partial charge is 0.297 e. The second-order valence-corrected chi connectivity index (χ2v) is 17.7. The molecule has 282 valence electrons. The Labute approximate surface area is 314 Å². The molecule has 1 aliphatic carbocycles. The van der Waals surface area contributed by atoms with E-state index in [0.717, 1.165) is 18.2 Å². The zero-order chi connectivity index (χ0) is 39.5. The van der Waals surface area contributed by atoms with E-state index in [2.05, 4.69) is 5.32 Å². The number of benzene rings is 5. The van der Waals surface area contributed by atoms with E-state index in [1.807, 2.05) is 19.9 Å². The standard InChI is InChI=1S/C39H38N2O10S3/c1-21-16-22(2)37(25(5)32(21)20-52(42,43)44)40-27-12-14-29-33(18-27)51-34-19-28(41-38-23(3)17-24(4)39(26(38)6)54(48,49)50-7)13-15-30(34)36(29)31-10-8-9-11-35(31)53(45,46)47/h8-19,40H,20H2,1-7H3,(H,42,43,44)(H,45,46,47). The molecule has 2 aliphatic rings. The van der Waals surface area contributed by atoms with E-state index in [4.69, 9.17) is 13.6 Å². The molecule has 0 amide bonds. The van der Waals surface area contributed by atoms with Crippen molar-refractivity contribution in [1.29, 1.82) is 0 Å². The third kappa shape index (κ3) is 7.43. The number of rotatable bonds is 9. The van der Waals surface area contributed by atoms with Gasteiger partial charge in [0.25, 0.3) is 30.4 Å². The molecule has 0 saturated heterocycles. The van der Waals surface area contributed by atoms with Crippen LogP contribution in [0.1, 0.15) is 38.9 Å². The highest BCUT2D eigenvalue weighted by molar-refractivity contribution is 7.87. The van der Waals surface area contributed by atoms with Crippen molar-refractivity contribution in [2.45, 2.75) is 57.1 Å². The number of anilines is 2. The average molecular weight is 791 g/mol. The summed E-state index contributed by atoms with van der Waals surface area (Å²) in [7, 11) is -11.9. The highest BCUT2D eigenvalue weighted by Crippen LogP contribution is 2.43. The van der Waals surface area contributed by atoms with Crippen molar-refractivity contribution in [3.8, 4) is 22.5 Å². The van der Waals surface area contributed by atoms with E-state index in [1.54, 1.807) is 82.3 Å². The zero-order valence-corrected chi connectivity index (χ0v) is 32.9. The van der Waals surface area contributed by atoms with Gasteiger partial charge in [0.15, 0.2) is 0 Å². The van der Waals surface area contributed by atoms with Crippen LogP contribution in [0.5, 0.6) is 0 Å². The molecule has 12 nitrogen and oxygen atoms in total. The van der Waals surface area contributed by atoms with Crippen molar-refractivity contribution in [1.82, 2.24) is 0 Å². The molecular formula is C39H38N2O10S3. The molecule has 3 N–H and O–H groups in total. The minimum Gasteiger partial charge on any atom is -0.456 e. The number of hydrogen-bond donors (Lipinski definition) is 3. The van der Waals surface area contributed by atoms with Crippen molar-refractivity contribution in [3.05, 3.63) is 117 Å². The molecule has 0 spiro atoms. The van der Waals surface area contributed by atoms with Gasteiger partial charge in [-0.25, -0.2) is 4.99 Å². The fourth-order valence-corrected chi connectivity index (χ4v) is 9.71. The SMILES string of the molecule is COS(=O)(=O)c1c(C)cc(C)c(N=c2ccc3c(-c4ccccc4S(=O)(=O)O)c4ccc(Nc5c(C)cc(C)c(CS(=O)(=O)O)c5C)cc4oc-3c2)c1C. The van der Waals surface area contributed by atoms with Gasteiger partial charge in [-0.05, 0) is 111 Å². The summed E-state index contributed by atoms with van der Waals surface area (Å²) in [4.78, 5) is 4.55. The molecule has 1 heterocycles. The van der Waals surface area contributed by atoms with Crippen LogP contribution in [0, 0.1) is 41.5 Å². The van der Waals surface area contributed by atoms with Gasteiger partial charge in [0.1, 0.15) is 26.9 Å². The normalized spacial score (nSPS) is 12.9. The van der Waals surface area contributed by atoms with Crippen molar-refractivity contribution in [2.24, 2.45) is 4.99 Å². The first-order valence-electron chi connectivity index (χ1n) is 16.6. The maximum atomic E-state index is 12.8. The summed E-state index contributed by atoms with van der Waals surface area (Å²) in [5, 5.41) is 4.31. The minimum atomic E-state index is -4.66. The summed E-state index contributed by atoms with van der Waals surface area (Å²) >= 11 is 0. The number of fused-ring (bicyclic) bond motifs is 2. The second-order valence-electron chi connectivity index (χ2n) is 13.2. The Kier molecular flexibility index (Phi) is 10.1. The molecule has 4 aromatic carbocycles. The molecule has 6 rings (SSSR count). The Morgan fingerprint density at radius 2 is 1.43 bits per heavy atom. The van der Waals surface area contributed by atoms with Crippen molar-refractivity contribution >= 4 is 58.4 Å². The maximum absolute atomic E-state index is 12.8. The van der Waals surface area contributed by atoms with Crippen molar-refractivity contribution < 1.29 is 43.0 Å². The molecule has 1 aliphatic heterocycles. The first-order valence-corrected chi connectivity index (χ1v) is 21.0. The molecule has 4 aromatic rings. The van der Waals surface area contributed by atoms with Gasteiger partial charge in [-0.2, -0.15) is 25.3 Å². The molecule has 0 saturated carbocycles. The van der Waals surface area contributed by atoms with Gasteiger partial charge in [0.2, 0.25) is 0 Å². The van der Waals surface area contributed by atoms with Crippen LogP contribution in [0.4, 0.5) is 17.1 Å². The number of nitrogens with zero attached hydrogens (tertiary/aromatic N) is 1. The van der Waals surface area contributed by atoms with Crippen LogP contribution in [-0.2, 0) is 40.3 Å². The summed E-state index contributed by atoms with van der Waals surface area (Å²) in [5.41, 5.74) is 7.47. The van der Waals surface area contributed by atoms with E-state index >= 15 is 0 Å². The summed E-state index contributed by atoms with van der Waals surface area (Å²) in [6.45, 7) is 10.6. The Morgan fingerprint density at radius 1 is 0.741 bits per heavy atom. The van der Waals surface area contributed by atoms with Gasteiger partial charge in [-0.3, -0.25) is 13.3 Å². The summed E-state index contributed by atoms with van der Waals surface area (Å²) in [6.07, 6.45) is 0. The Hall–Kier alpha value is -4.90. The first kappa shape index (κ1) is 38.8. The van der Waals surface area contributed by atoms with Crippen LogP contribution in [0.2, 0.25) is 0 Å². The monoisotopic (exact) mass is 790 g/mol. The highest BCUT2D eigenvalue weighted by atomic mass is 32.2. The number of aryl methyl sites for hydroxylation is 4. The number of nitrogens with one attached hydrogen (secondary N) is 1. The largest absolute Gasteiger partial charge is 0.456 e. The Morgan fingerprint density at radius 3 is 2.09 bits per heavy atom. The van der Waals surface area contributed by atoms with E-state index in [0.29, 0.717) is 78.1 Å². The maximum Gasteiger partial charge on any atom is 0.297 e.